The van der Waals surface area contributed by atoms with Gasteiger partial charge in [-0.3, -0.25) is 0 Å². The van der Waals surface area contributed by atoms with E-state index in [-0.39, 0.29) is 0 Å². The SMILES string of the molecule is c1ccc(N(c2ccccc2)c2cc(-c3ccc4c(c3)oc3ccccc34)cc(-c3ccc4c5ccccc5n(-c5ccccc5)c4c3)c2)cc1. The molecule has 0 saturated heterocycles. The lowest BCUT2D eigenvalue weighted by Gasteiger charge is -2.26. The van der Waals surface area contributed by atoms with Crippen molar-refractivity contribution in [2.24, 2.45) is 0 Å². The lowest BCUT2D eigenvalue weighted by Crippen LogP contribution is -2.10. The third-order valence-electron chi connectivity index (χ3n) is 9.94. The van der Waals surface area contributed by atoms with E-state index in [1.807, 2.05) is 12.1 Å². The highest BCUT2D eigenvalue weighted by atomic mass is 16.3. The number of hydrogen-bond acceptors (Lipinski definition) is 2. The normalized spacial score (nSPS) is 11.5. The molecule has 0 N–H and O–H groups in total. The van der Waals surface area contributed by atoms with Gasteiger partial charge in [-0.15, -0.1) is 0 Å². The molecule has 0 atom stereocenters. The molecule has 0 aliphatic heterocycles. The van der Waals surface area contributed by atoms with Crippen LogP contribution in [-0.4, -0.2) is 4.57 Å². The minimum atomic E-state index is 0.887. The van der Waals surface area contributed by atoms with E-state index in [4.69, 9.17) is 4.42 Å². The number of nitrogens with zero attached hydrogens (tertiary/aromatic N) is 2. The molecule has 0 bridgehead atoms. The van der Waals surface area contributed by atoms with Gasteiger partial charge >= 0.3 is 0 Å². The van der Waals surface area contributed by atoms with Crippen molar-refractivity contribution in [2.75, 3.05) is 4.90 Å². The van der Waals surface area contributed by atoms with Gasteiger partial charge in [0.2, 0.25) is 0 Å². The Morgan fingerprint density at radius 3 is 1.57 bits per heavy atom. The molecule has 240 valence electrons. The zero-order chi connectivity index (χ0) is 33.7. The molecule has 3 nitrogen and oxygen atoms in total. The van der Waals surface area contributed by atoms with Crippen molar-refractivity contribution >= 4 is 60.8 Å². The molecule has 51 heavy (non-hydrogen) atoms. The summed E-state index contributed by atoms with van der Waals surface area (Å²) in [5.74, 6) is 0. The van der Waals surface area contributed by atoms with E-state index in [0.717, 1.165) is 66.9 Å². The third-order valence-corrected chi connectivity index (χ3v) is 9.94. The first-order valence-electron chi connectivity index (χ1n) is 17.3. The van der Waals surface area contributed by atoms with E-state index >= 15 is 0 Å². The van der Waals surface area contributed by atoms with Gasteiger partial charge in [0.05, 0.1) is 11.0 Å². The van der Waals surface area contributed by atoms with Gasteiger partial charge in [0.25, 0.3) is 0 Å². The number of hydrogen-bond donors (Lipinski definition) is 0. The molecule has 0 aliphatic carbocycles. The number of benzene rings is 8. The van der Waals surface area contributed by atoms with Crippen molar-refractivity contribution in [1.29, 1.82) is 0 Å². The van der Waals surface area contributed by atoms with Gasteiger partial charge in [-0.1, -0.05) is 109 Å². The second kappa shape index (κ2) is 11.9. The van der Waals surface area contributed by atoms with Crippen LogP contribution in [0, 0.1) is 0 Å². The molecule has 0 aliphatic rings. The second-order valence-electron chi connectivity index (χ2n) is 13.0. The maximum Gasteiger partial charge on any atom is 0.136 e. The Morgan fingerprint density at radius 1 is 0.333 bits per heavy atom. The molecule has 0 fully saturated rings. The van der Waals surface area contributed by atoms with E-state index in [0.29, 0.717) is 0 Å². The lowest BCUT2D eigenvalue weighted by atomic mass is 9.96. The summed E-state index contributed by atoms with van der Waals surface area (Å²) in [5, 5.41) is 4.74. The van der Waals surface area contributed by atoms with E-state index in [1.54, 1.807) is 0 Å². The molecular weight excluding hydrogens is 621 g/mol. The Hall–Kier alpha value is -6.84. The summed E-state index contributed by atoms with van der Waals surface area (Å²) in [4.78, 5) is 2.34. The summed E-state index contributed by atoms with van der Waals surface area (Å²) in [7, 11) is 0. The lowest BCUT2D eigenvalue weighted by molar-refractivity contribution is 0.669. The van der Waals surface area contributed by atoms with Gasteiger partial charge in [0.1, 0.15) is 11.2 Å². The molecule has 10 rings (SSSR count). The second-order valence-corrected chi connectivity index (χ2v) is 13.0. The van der Waals surface area contributed by atoms with Crippen LogP contribution in [0.2, 0.25) is 0 Å². The Bertz CT molecular complexity index is 2810. The fourth-order valence-corrected chi connectivity index (χ4v) is 7.59. The van der Waals surface area contributed by atoms with Gasteiger partial charge < -0.3 is 13.9 Å². The molecule has 0 radical (unpaired) electrons. The smallest absolute Gasteiger partial charge is 0.136 e. The van der Waals surface area contributed by atoms with Gasteiger partial charge in [0, 0.05) is 44.3 Å². The summed E-state index contributed by atoms with van der Waals surface area (Å²) in [6.07, 6.45) is 0. The molecule has 2 heterocycles. The number of anilines is 3. The Balaban J connectivity index is 1.22. The molecule has 8 aromatic carbocycles. The van der Waals surface area contributed by atoms with Crippen molar-refractivity contribution in [2.45, 2.75) is 0 Å². The van der Waals surface area contributed by atoms with Crippen molar-refractivity contribution in [3.8, 4) is 27.9 Å². The van der Waals surface area contributed by atoms with Crippen LogP contribution >= 0.6 is 0 Å². The van der Waals surface area contributed by atoms with Crippen molar-refractivity contribution in [3.05, 3.63) is 194 Å². The van der Waals surface area contributed by atoms with E-state index in [9.17, 15) is 0 Å². The highest BCUT2D eigenvalue weighted by molar-refractivity contribution is 6.10. The molecule has 0 saturated carbocycles. The van der Waals surface area contributed by atoms with Crippen LogP contribution in [-0.2, 0) is 0 Å². The molecule has 10 aromatic rings. The van der Waals surface area contributed by atoms with E-state index in [1.165, 1.54) is 21.8 Å². The van der Waals surface area contributed by atoms with Crippen LogP contribution in [0.25, 0.3) is 71.7 Å². The highest BCUT2D eigenvalue weighted by Crippen LogP contribution is 2.42. The Labute approximate surface area is 295 Å². The van der Waals surface area contributed by atoms with Crippen LogP contribution < -0.4 is 4.90 Å². The predicted octanol–water partition coefficient (Wildman–Crippen LogP) is 13.5. The number of fused-ring (bicyclic) bond motifs is 6. The fraction of sp³-hybridized carbons (Fsp3) is 0. The van der Waals surface area contributed by atoms with Crippen LogP contribution in [0.5, 0.6) is 0 Å². The molecule has 0 unspecified atom stereocenters. The predicted molar refractivity (Wildman–Crippen MR) is 214 cm³/mol. The first-order chi connectivity index (χ1) is 25.3. The van der Waals surface area contributed by atoms with Gasteiger partial charge in [-0.05, 0) is 107 Å². The van der Waals surface area contributed by atoms with Crippen molar-refractivity contribution in [1.82, 2.24) is 4.57 Å². The maximum absolute atomic E-state index is 6.36. The molecule has 0 spiro atoms. The Kier molecular flexibility index (Phi) is 6.81. The molecule has 3 heteroatoms. The van der Waals surface area contributed by atoms with Crippen molar-refractivity contribution < 1.29 is 4.42 Å². The number of furan rings is 1. The van der Waals surface area contributed by atoms with Gasteiger partial charge in [-0.25, -0.2) is 0 Å². The minimum absolute atomic E-state index is 0.887. The topological polar surface area (TPSA) is 21.3 Å². The molecule has 2 aromatic heterocycles. The minimum Gasteiger partial charge on any atom is -0.456 e. The summed E-state index contributed by atoms with van der Waals surface area (Å²) in [6.45, 7) is 0. The van der Waals surface area contributed by atoms with Gasteiger partial charge in [-0.2, -0.15) is 0 Å². The number of rotatable bonds is 6. The fourth-order valence-electron chi connectivity index (χ4n) is 7.59. The molecular formula is C48H32N2O. The monoisotopic (exact) mass is 652 g/mol. The quantitative estimate of drug-likeness (QED) is 0.178. The van der Waals surface area contributed by atoms with Crippen LogP contribution in [0.4, 0.5) is 17.1 Å². The molecule has 0 amide bonds. The first kappa shape index (κ1) is 29.1. The summed E-state index contributed by atoms with van der Waals surface area (Å²) < 4.78 is 8.75. The summed E-state index contributed by atoms with van der Waals surface area (Å²) >= 11 is 0. The Morgan fingerprint density at radius 2 is 0.863 bits per heavy atom. The number of para-hydroxylation sites is 5. The van der Waals surface area contributed by atoms with Crippen LogP contribution in [0.3, 0.4) is 0 Å². The van der Waals surface area contributed by atoms with Crippen LogP contribution in [0.15, 0.2) is 199 Å². The van der Waals surface area contributed by atoms with E-state index in [2.05, 4.69) is 191 Å². The van der Waals surface area contributed by atoms with Gasteiger partial charge in [0.15, 0.2) is 0 Å². The standard InChI is InChI=1S/C48H32N2O/c1-4-14-37(15-5-1)49(38-16-6-2-7-17-38)40-29-35(28-36(30-40)34-25-27-44-43-21-11-13-23-47(43)51-48(44)32-34)33-24-26-42-41-20-10-12-22-45(41)50(46(42)31-33)39-18-8-3-9-19-39/h1-32H. The third kappa shape index (κ3) is 4.98. The van der Waals surface area contributed by atoms with Crippen molar-refractivity contribution in [3.63, 3.8) is 0 Å². The zero-order valence-electron chi connectivity index (χ0n) is 27.8. The zero-order valence-corrected chi connectivity index (χ0v) is 27.8. The first-order valence-corrected chi connectivity index (χ1v) is 17.3. The average molecular weight is 653 g/mol. The highest BCUT2D eigenvalue weighted by Gasteiger charge is 2.18. The summed E-state index contributed by atoms with van der Waals surface area (Å²) in [5.41, 5.74) is 13.1. The van der Waals surface area contributed by atoms with Crippen LogP contribution in [0.1, 0.15) is 0 Å². The average Bonchev–Trinajstić information content (AvgIpc) is 3.74. The number of aromatic nitrogens is 1. The maximum atomic E-state index is 6.36. The van der Waals surface area contributed by atoms with E-state index < -0.39 is 0 Å². The summed E-state index contributed by atoms with van der Waals surface area (Å²) in [6, 6.07) is 69.3. The largest absolute Gasteiger partial charge is 0.456 e.